The first-order chi connectivity index (χ1) is 8.33. The molecule has 3 rings (SSSR count). The molecule has 2 saturated heterocycles. The minimum atomic E-state index is 0.557. The Morgan fingerprint density at radius 1 is 1.24 bits per heavy atom. The zero-order valence-corrected chi connectivity index (χ0v) is 10.0. The number of hydrogen-bond donors (Lipinski definition) is 1. The van der Waals surface area contributed by atoms with Crippen LogP contribution in [0.5, 0.6) is 0 Å². The summed E-state index contributed by atoms with van der Waals surface area (Å²) in [4.78, 5) is 13.5. The van der Waals surface area contributed by atoms with Gasteiger partial charge in [-0.05, 0) is 25.5 Å². The van der Waals surface area contributed by atoms with Crippen molar-refractivity contribution < 1.29 is 0 Å². The van der Waals surface area contributed by atoms with E-state index in [4.69, 9.17) is 5.73 Å². The van der Waals surface area contributed by atoms with Crippen LogP contribution in [0, 0.1) is 0 Å². The highest BCUT2D eigenvalue weighted by molar-refractivity contribution is 5.38. The van der Waals surface area contributed by atoms with Crippen LogP contribution in [0.4, 0.5) is 11.8 Å². The molecule has 1 atom stereocenters. The summed E-state index contributed by atoms with van der Waals surface area (Å²) < 4.78 is 0. The maximum atomic E-state index is 5.71. The van der Waals surface area contributed by atoms with Crippen LogP contribution >= 0.6 is 0 Å². The van der Waals surface area contributed by atoms with Gasteiger partial charge < -0.3 is 10.6 Å². The quantitative estimate of drug-likeness (QED) is 0.775. The smallest absolute Gasteiger partial charge is 0.227 e. The van der Waals surface area contributed by atoms with Crippen molar-refractivity contribution in [1.82, 2.24) is 14.9 Å². The molecule has 2 N–H and O–H groups in total. The molecule has 1 aromatic heterocycles. The fraction of sp³-hybridized carbons (Fsp3) is 0.667. The number of piperazine rings is 1. The number of fused-ring (bicyclic) bond motifs is 1. The summed E-state index contributed by atoms with van der Waals surface area (Å²) in [5, 5.41) is 0. The Morgan fingerprint density at radius 3 is 3.06 bits per heavy atom. The van der Waals surface area contributed by atoms with Gasteiger partial charge in [-0.3, -0.25) is 4.90 Å². The summed E-state index contributed by atoms with van der Waals surface area (Å²) in [6, 6.07) is 2.42. The second kappa shape index (κ2) is 4.49. The number of nitrogens with zero attached hydrogens (tertiary/aromatic N) is 4. The molecule has 2 fully saturated rings. The minimum absolute atomic E-state index is 0.557. The van der Waals surface area contributed by atoms with Crippen molar-refractivity contribution in [2.75, 3.05) is 36.8 Å². The first-order valence-electron chi connectivity index (χ1n) is 6.40. The first-order valence-corrected chi connectivity index (χ1v) is 6.40. The summed E-state index contributed by atoms with van der Waals surface area (Å²) >= 11 is 0. The minimum Gasteiger partial charge on any atom is -0.384 e. The molecule has 0 aromatic carbocycles. The van der Waals surface area contributed by atoms with Crippen LogP contribution < -0.4 is 10.6 Å². The van der Waals surface area contributed by atoms with Crippen molar-refractivity contribution >= 4 is 11.8 Å². The maximum Gasteiger partial charge on any atom is 0.227 e. The summed E-state index contributed by atoms with van der Waals surface area (Å²) in [5.41, 5.74) is 5.71. The van der Waals surface area contributed by atoms with Crippen molar-refractivity contribution in [3.05, 3.63) is 12.3 Å². The lowest BCUT2D eigenvalue weighted by Crippen LogP contribution is -2.55. The van der Waals surface area contributed by atoms with E-state index in [-0.39, 0.29) is 0 Å². The number of piperidine rings is 1. The fourth-order valence-electron chi connectivity index (χ4n) is 2.85. The Labute approximate surface area is 102 Å². The van der Waals surface area contributed by atoms with Gasteiger partial charge in [-0.2, -0.15) is 4.98 Å². The van der Waals surface area contributed by atoms with Gasteiger partial charge in [0.15, 0.2) is 0 Å². The first kappa shape index (κ1) is 10.8. The molecule has 0 spiro atoms. The van der Waals surface area contributed by atoms with Gasteiger partial charge in [-0.1, -0.05) is 6.42 Å². The molecule has 17 heavy (non-hydrogen) atoms. The number of hydrogen-bond acceptors (Lipinski definition) is 5. The molecule has 3 heterocycles. The summed E-state index contributed by atoms with van der Waals surface area (Å²) in [6.07, 6.45) is 5.75. The Morgan fingerprint density at radius 2 is 2.18 bits per heavy atom. The van der Waals surface area contributed by atoms with Gasteiger partial charge in [0.1, 0.15) is 5.82 Å². The lowest BCUT2D eigenvalue weighted by molar-refractivity contribution is 0.133. The number of nitrogen functional groups attached to an aromatic ring is 1. The fourth-order valence-corrected chi connectivity index (χ4v) is 2.85. The van der Waals surface area contributed by atoms with Gasteiger partial charge in [-0.25, -0.2) is 4.98 Å². The average molecular weight is 233 g/mol. The standard InChI is InChI=1S/C12H19N5/c13-11-4-5-14-12(15-11)17-8-7-16-6-2-1-3-10(16)9-17/h4-5,10H,1-3,6-9H2,(H2,13,14,15). The molecule has 0 bridgehead atoms. The second-order valence-corrected chi connectivity index (χ2v) is 4.91. The third-order valence-electron chi connectivity index (χ3n) is 3.78. The van der Waals surface area contributed by atoms with Crippen LogP contribution in [0.2, 0.25) is 0 Å². The zero-order valence-electron chi connectivity index (χ0n) is 10.0. The molecule has 92 valence electrons. The van der Waals surface area contributed by atoms with Gasteiger partial charge in [0, 0.05) is 31.9 Å². The van der Waals surface area contributed by atoms with E-state index in [1.54, 1.807) is 12.3 Å². The van der Waals surface area contributed by atoms with Crippen molar-refractivity contribution in [3.63, 3.8) is 0 Å². The molecular formula is C12H19N5. The lowest BCUT2D eigenvalue weighted by Gasteiger charge is -2.44. The lowest BCUT2D eigenvalue weighted by atomic mass is 10.00. The third kappa shape index (κ3) is 2.20. The molecule has 1 aromatic rings. The van der Waals surface area contributed by atoms with Crippen LogP contribution in [-0.4, -0.2) is 47.1 Å². The molecule has 2 aliphatic rings. The van der Waals surface area contributed by atoms with Gasteiger partial charge in [0.2, 0.25) is 5.95 Å². The van der Waals surface area contributed by atoms with Crippen molar-refractivity contribution in [2.24, 2.45) is 0 Å². The third-order valence-corrected chi connectivity index (χ3v) is 3.78. The molecule has 1 unspecified atom stereocenters. The van der Waals surface area contributed by atoms with Crippen LogP contribution in [0.3, 0.4) is 0 Å². The Hall–Kier alpha value is -1.36. The van der Waals surface area contributed by atoms with E-state index in [9.17, 15) is 0 Å². The maximum absolute atomic E-state index is 5.71. The number of anilines is 2. The van der Waals surface area contributed by atoms with E-state index in [1.807, 2.05) is 0 Å². The van der Waals surface area contributed by atoms with Crippen LogP contribution in [0.25, 0.3) is 0 Å². The van der Waals surface area contributed by atoms with Crippen LogP contribution in [0.1, 0.15) is 19.3 Å². The van der Waals surface area contributed by atoms with E-state index >= 15 is 0 Å². The van der Waals surface area contributed by atoms with Crippen molar-refractivity contribution in [3.8, 4) is 0 Å². The summed E-state index contributed by atoms with van der Waals surface area (Å²) in [5.74, 6) is 1.34. The molecule has 2 aliphatic heterocycles. The summed E-state index contributed by atoms with van der Waals surface area (Å²) in [7, 11) is 0. The predicted octanol–water partition coefficient (Wildman–Crippen LogP) is 0.733. The highest BCUT2D eigenvalue weighted by atomic mass is 15.3. The average Bonchev–Trinajstić information content (AvgIpc) is 2.38. The Kier molecular flexibility index (Phi) is 2.84. The van der Waals surface area contributed by atoms with E-state index in [2.05, 4.69) is 19.8 Å². The van der Waals surface area contributed by atoms with Crippen molar-refractivity contribution in [1.29, 1.82) is 0 Å². The van der Waals surface area contributed by atoms with Crippen LogP contribution in [-0.2, 0) is 0 Å². The highest BCUT2D eigenvalue weighted by Crippen LogP contribution is 2.23. The molecule has 0 aliphatic carbocycles. The molecule has 0 saturated carbocycles. The topological polar surface area (TPSA) is 58.3 Å². The van der Waals surface area contributed by atoms with Crippen molar-refractivity contribution in [2.45, 2.75) is 25.3 Å². The molecular weight excluding hydrogens is 214 g/mol. The summed E-state index contributed by atoms with van der Waals surface area (Å²) in [6.45, 7) is 4.45. The molecule has 0 radical (unpaired) electrons. The van der Waals surface area contributed by atoms with Gasteiger partial charge in [0.25, 0.3) is 0 Å². The number of nitrogens with two attached hydrogens (primary N) is 1. The van der Waals surface area contributed by atoms with Gasteiger partial charge in [-0.15, -0.1) is 0 Å². The molecule has 5 heteroatoms. The van der Waals surface area contributed by atoms with E-state index in [0.717, 1.165) is 25.6 Å². The number of rotatable bonds is 1. The predicted molar refractivity (Wildman–Crippen MR) is 67.9 cm³/mol. The van der Waals surface area contributed by atoms with Gasteiger partial charge in [0.05, 0.1) is 0 Å². The van der Waals surface area contributed by atoms with Gasteiger partial charge >= 0.3 is 0 Å². The SMILES string of the molecule is Nc1ccnc(N2CCN3CCCCC3C2)n1. The van der Waals surface area contributed by atoms with E-state index in [1.165, 1.54) is 25.8 Å². The zero-order chi connectivity index (χ0) is 11.7. The van der Waals surface area contributed by atoms with Crippen LogP contribution in [0.15, 0.2) is 12.3 Å². The molecule has 0 amide bonds. The normalized spacial score (nSPS) is 25.6. The molecule has 5 nitrogen and oxygen atoms in total. The van der Waals surface area contributed by atoms with E-state index < -0.39 is 0 Å². The largest absolute Gasteiger partial charge is 0.384 e. The Bertz CT molecular complexity index is 394. The highest BCUT2D eigenvalue weighted by Gasteiger charge is 2.29. The second-order valence-electron chi connectivity index (χ2n) is 4.91. The Balaban J connectivity index is 1.73. The number of aromatic nitrogens is 2. The monoisotopic (exact) mass is 233 g/mol. The van der Waals surface area contributed by atoms with E-state index in [0.29, 0.717) is 11.9 Å².